The Morgan fingerprint density at radius 2 is 2.00 bits per heavy atom. The Hall–Kier alpha value is -2.48. The lowest BCUT2D eigenvalue weighted by Crippen LogP contribution is -2.43. The molecule has 2 amide bonds. The van der Waals surface area contributed by atoms with Crippen molar-refractivity contribution in [3.8, 4) is 0 Å². The second-order valence-electron chi connectivity index (χ2n) is 4.85. The lowest BCUT2D eigenvalue weighted by molar-refractivity contribution is -0.152. The summed E-state index contributed by atoms with van der Waals surface area (Å²) in [7, 11) is 0. The van der Waals surface area contributed by atoms with Gasteiger partial charge in [0.2, 0.25) is 0 Å². The molecule has 23 heavy (non-hydrogen) atoms. The van der Waals surface area contributed by atoms with Crippen molar-refractivity contribution < 1.29 is 28.2 Å². The summed E-state index contributed by atoms with van der Waals surface area (Å²) in [5.41, 5.74) is 0.0993. The van der Waals surface area contributed by atoms with Crippen molar-refractivity contribution in [1.82, 2.24) is 10.2 Å². The summed E-state index contributed by atoms with van der Waals surface area (Å²) in [6.07, 6.45) is 0. The van der Waals surface area contributed by atoms with Gasteiger partial charge in [-0.25, -0.2) is 4.39 Å². The molecule has 0 atom stereocenters. The zero-order chi connectivity index (χ0) is 16.7. The van der Waals surface area contributed by atoms with Crippen molar-refractivity contribution >= 4 is 17.8 Å². The molecule has 124 valence electrons. The number of nitrogens with one attached hydrogen (secondary N) is 1. The number of nitrogens with zero attached hydrogens (tertiary/aromatic N) is 1. The number of halogens is 1. The monoisotopic (exact) mass is 324 g/mol. The average molecular weight is 324 g/mol. The molecule has 1 N–H and O–H groups in total. The van der Waals surface area contributed by atoms with E-state index in [1.54, 1.807) is 4.90 Å². The van der Waals surface area contributed by atoms with Gasteiger partial charge in [-0.1, -0.05) is 6.07 Å². The van der Waals surface area contributed by atoms with E-state index in [2.05, 4.69) is 5.32 Å². The van der Waals surface area contributed by atoms with E-state index in [-0.39, 0.29) is 18.1 Å². The lowest BCUT2D eigenvalue weighted by atomic mass is 10.2. The first-order valence-corrected chi connectivity index (χ1v) is 7.11. The van der Waals surface area contributed by atoms with Crippen LogP contribution in [0.3, 0.4) is 0 Å². The molecule has 0 bridgehead atoms. The predicted molar refractivity (Wildman–Crippen MR) is 77.1 cm³/mol. The molecule has 1 saturated heterocycles. The Bertz CT molecular complexity index is 587. The molecule has 1 aromatic rings. The molecule has 1 aromatic carbocycles. The molecule has 0 aliphatic carbocycles. The largest absolute Gasteiger partial charge is 0.454 e. The average Bonchev–Trinajstić information content (AvgIpc) is 2.58. The van der Waals surface area contributed by atoms with Gasteiger partial charge in [0.05, 0.1) is 13.2 Å². The predicted octanol–water partition coefficient (Wildman–Crippen LogP) is -0.0425. The zero-order valence-electron chi connectivity index (χ0n) is 12.4. The van der Waals surface area contributed by atoms with E-state index in [0.29, 0.717) is 26.3 Å². The van der Waals surface area contributed by atoms with Crippen LogP contribution < -0.4 is 5.32 Å². The second kappa shape index (κ2) is 8.23. The number of morpholine rings is 1. The van der Waals surface area contributed by atoms with E-state index in [0.717, 1.165) is 6.07 Å². The van der Waals surface area contributed by atoms with Gasteiger partial charge in [-0.15, -0.1) is 0 Å². The van der Waals surface area contributed by atoms with Crippen LogP contribution in [0, 0.1) is 5.82 Å². The van der Waals surface area contributed by atoms with Crippen molar-refractivity contribution in [2.45, 2.75) is 0 Å². The van der Waals surface area contributed by atoms with Gasteiger partial charge in [-0.05, 0) is 18.2 Å². The van der Waals surface area contributed by atoms with Gasteiger partial charge in [0.1, 0.15) is 12.4 Å². The van der Waals surface area contributed by atoms with Gasteiger partial charge in [0.25, 0.3) is 11.8 Å². The van der Waals surface area contributed by atoms with Crippen molar-refractivity contribution in [3.05, 3.63) is 35.6 Å². The number of esters is 1. The number of amides is 2. The number of carbonyl (C=O) groups is 3. The Morgan fingerprint density at radius 1 is 1.26 bits per heavy atom. The van der Waals surface area contributed by atoms with Crippen LogP contribution in [-0.2, 0) is 19.1 Å². The van der Waals surface area contributed by atoms with Gasteiger partial charge in [-0.3, -0.25) is 14.4 Å². The number of rotatable bonds is 5. The molecule has 2 rings (SSSR count). The fourth-order valence-corrected chi connectivity index (χ4v) is 1.98. The maximum Gasteiger partial charge on any atom is 0.325 e. The van der Waals surface area contributed by atoms with Gasteiger partial charge in [0.15, 0.2) is 6.61 Å². The van der Waals surface area contributed by atoms with E-state index in [4.69, 9.17) is 9.47 Å². The van der Waals surface area contributed by atoms with E-state index in [9.17, 15) is 18.8 Å². The molecule has 8 heteroatoms. The fraction of sp³-hybridized carbons (Fsp3) is 0.400. The minimum Gasteiger partial charge on any atom is -0.454 e. The quantitative estimate of drug-likeness (QED) is 0.768. The molecule has 7 nitrogen and oxygen atoms in total. The van der Waals surface area contributed by atoms with E-state index in [1.165, 1.54) is 18.2 Å². The standard InChI is InChI=1S/C15H17FN2O5/c16-12-3-1-2-11(8-12)15(21)17-9-14(20)23-10-13(19)18-4-6-22-7-5-18/h1-3,8H,4-7,9-10H2,(H,17,21). The third-order valence-corrected chi connectivity index (χ3v) is 3.20. The molecule has 0 saturated carbocycles. The Kier molecular flexibility index (Phi) is 6.04. The molecule has 0 radical (unpaired) electrons. The Balaban J connectivity index is 1.70. The first-order chi connectivity index (χ1) is 11.1. The number of carbonyl (C=O) groups excluding carboxylic acids is 3. The number of hydrogen-bond donors (Lipinski definition) is 1. The SMILES string of the molecule is O=C(CNC(=O)c1cccc(F)c1)OCC(=O)N1CCOCC1. The molecule has 1 aliphatic rings. The summed E-state index contributed by atoms with van der Waals surface area (Å²) in [5, 5.41) is 2.30. The first-order valence-electron chi connectivity index (χ1n) is 7.11. The molecular weight excluding hydrogens is 307 g/mol. The molecule has 0 aromatic heterocycles. The topological polar surface area (TPSA) is 84.9 Å². The molecule has 1 fully saturated rings. The Labute approximate surface area is 132 Å². The number of ether oxygens (including phenoxy) is 2. The summed E-state index contributed by atoms with van der Waals surface area (Å²) < 4.78 is 22.9. The summed E-state index contributed by atoms with van der Waals surface area (Å²) in [4.78, 5) is 36.5. The third-order valence-electron chi connectivity index (χ3n) is 3.20. The highest BCUT2D eigenvalue weighted by Gasteiger charge is 2.18. The first kappa shape index (κ1) is 16.9. The summed E-state index contributed by atoms with van der Waals surface area (Å²) in [5.74, 6) is -2.19. The Morgan fingerprint density at radius 3 is 2.70 bits per heavy atom. The molecule has 1 heterocycles. The highest BCUT2D eigenvalue weighted by molar-refractivity contribution is 5.96. The molecule has 0 unspecified atom stereocenters. The minimum atomic E-state index is -0.739. The summed E-state index contributed by atoms with van der Waals surface area (Å²) >= 11 is 0. The highest BCUT2D eigenvalue weighted by atomic mass is 19.1. The van der Waals surface area contributed by atoms with Crippen LogP contribution >= 0.6 is 0 Å². The van der Waals surface area contributed by atoms with E-state index >= 15 is 0 Å². The summed E-state index contributed by atoms with van der Waals surface area (Å²) in [6.45, 7) is 1.08. The highest BCUT2D eigenvalue weighted by Crippen LogP contribution is 2.03. The van der Waals surface area contributed by atoms with Crippen molar-refractivity contribution in [2.24, 2.45) is 0 Å². The maximum absolute atomic E-state index is 13.0. The number of benzene rings is 1. The van der Waals surface area contributed by atoms with Crippen LogP contribution in [0.4, 0.5) is 4.39 Å². The van der Waals surface area contributed by atoms with Crippen LogP contribution in [0.5, 0.6) is 0 Å². The molecule has 1 aliphatic heterocycles. The molecular formula is C15H17FN2O5. The normalized spacial score (nSPS) is 14.2. The van der Waals surface area contributed by atoms with Gasteiger partial charge in [0, 0.05) is 18.7 Å². The van der Waals surface area contributed by atoms with E-state index in [1.807, 2.05) is 0 Å². The van der Waals surface area contributed by atoms with Crippen LogP contribution in [0.25, 0.3) is 0 Å². The van der Waals surface area contributed by atoms with Crippen molar-refractivity contribution in [3.63, 3.8) is 0 Å². The van der Waals surface area contributed by atoms with Crippen molar-refractivity contribution in [1.29, 1.82) is 0 Å². The second-order valence-corrected chi connectivity index (χ2v) is 4.85. The maximum atomic E-state index is 13.0. The van der Waals surface area contributed by atoms with Gasteiger partial charge < -0.3 is 19.7 Å². The van der Waals surface area contributed by atoms with Gasteiger partial charge in [-0.2, -0.15) is 0 Å². The van der Waals surface area contributed by atoms with Gasteiger partial charge >= 0.3 is 5.97 Å². The third kappa shape index (κ3) is 5.33. The number of hydrogen-bond acceptors (Lipinski definition) is 5. The van der Waals surface area contributed by atoms with Crippen LogP contribution in [-0.4, -0.2) is 62.1 Å². The molecule has 0 spiro atoms. The lowest BCUT2D eigenvalue weighted by Gasteiger charge is -2.26. The van der Waals surface area contributed by atoms with Crippen LogP contribution in [0.15, 0.2) is 24.3 Å². The summed E-state index contributed by atoms with van der Waals surface area (Å²) in [6, 6.07) is 5.08. The van der Waals surface area contributed by atoms with Crippen molar-refractivity contribution in [2.75, 3.05) is 39.5 Å². The van der Waals surface area contributed by atoms with E-state index < -0.39 is 24.2 Å². The zero-order valence-corrected chi connectivity index (χ0v) is 12.4. The fourth-order valence-electron chi connectivity index (χ4n) is 1.98. The van der Waals surface area contributed by atoms with Crippen LogP contribution in [0.2, 0.25) is 0 Å². The van der Waals surface area contributed by atoms with Crippen LogP contribution in [0.1, 0.15) is 10.4 Å². The smallest absolute Gasteiger partial charge is 0.325 e. The minimum absolute atomic E-state index is 0.0993.